The molecule has 7 nitrogen and oxygen atoms in total. The molecule has 1 N–H and O–H groups in total. The summed E-state index contributed by atoms with van der Waals surface area (Å²) >= 11 is 1.43. The molecule has 2 heterocycles. The third-order valence-electron chi connectivity index (χ3n) is 3.69. The number of methoxy groups -OCH3 is 2. The number of pyridine rings is 1. The Kier molecular flexibility index (Phi) is 5.97. The van der Waals surface area contributed by atoms with Gasteiger partial charge in [-0.2, -0.15) is 0 Å². The number of anilines is 1. The Morgan fingerprint density at radius 3 is 2.70 bits per heavy atom. The minimum absolute atomic E-state index is 0.255. The molecule has 0 saturated carbocycles. The maximum absolute atomic E-state index is 12.7. The lowest BCUT2D eigenvalue weighted by Crippen LogP contribution is -2.13. The molecule has 1 amide bonds. The van der Waals surface area contributed by atoms with Crippen LogP contribution < -0.4 is 14.8 Å². The number of nitrogens with zero attached hydrogens (tertiary/aromatic N) is 2. The number of aromatic nitrogens is 2. The Balaban J connectivity index is 1.75. The van der Waals surface area contributed by atoms with E-state index in [1.165, 1.54) is 11.8 Å². The molecule has 0 atom stereocenters. The first-order valence-corrected chi connectivity index (χ1v) is 9.12. The Morgan fingerprint density at radius 2 is 2.00 bits per heavy atom. The summed E-state index contributed by atoms with van der Waals surface area (Å²) in [5, 5.41) is 7.44. The van der Waals surface area contributed by atoms with Gasteiger partial charge < -0.3 is 19.3 Å². The normalized spacial score (nSPS) is 10.5. The maximum Gasteiger partial charge on any atom is 0.258 e. The fourth-order valence-electron chi connectivity index (χ4n) is 2.42. The van der Waals surface area contributed by atoms with Crippen LogP contribution >= 0.6 is 11.8 Å². The number of aryl methyl sites for hydroxylation is 1. The maximum atomic E-state index is 12.7. The van der Waals surface area contributed by atoms with Gasteiger partial charge >= 0.3 is 0 Å². The molecular formula is C19H19N3O4S. The summed E-state index contributed by atoms with van der Waals surface area (Å²) in [5.41, 5.74) is 1.89. The Morgan fingerprint density at radius 1 is 1.19 bits per heavy atom. The van der Waals surface area contributed by atoms with Crippen LogP contribution in [0.2, 0.25) is 0 Å². The summed E-state index contributed by atoms with van der Waals surface area (Å²) in [6, 6.07) is 10.5. The number of benzene rings is 1. The second kappa shape index (κ2) is 8.59. The van der Waals surface area contributed by atoms with Crippen molar-refractivity contribution in [2.75, 3.05) is 19.5 Å². The summed E-state index contributed by atoms with van der Waals surface area (Å²) in [4.78, 5) is 17.1. The van der Waals surface area contributed by atoms with Gasteiger partial charge in [-0.3, -0.25) is 4.79 Å². The topological polar surface area (TPSA) is 86.5 Å². The lowest BCUT2D eigenvalue weighted by Gasteiger charge is -2.11. The van der Waals surface area contributed by atoms with Crippen molar-refractivity contribution in [2.45, 2.75) is 17.7 Å². The van der Waals surface area contributed by atoms with E-state index in [-0.39, 0.29) is 5.91 Å². The lowest BCUT2D eigenvalue weighted by molar-refractivity contribution is 0.102. The predicted molar refractivity (Wildman–Crippen MR) is 103 cm³/mol. The van der Waals surface area contributed by atoms with Crippen LogP contribution in [0.1, 0.15) is 21.8 Å². The standard InChI is InChI=1S/C19H19N3O4S/c1-12-9-14(22-26-12)11-27-19-15(5-4-8-20-19)18(23)21-13-6-7-16(24-2)17(10-13)25-3/h4-10H,11H2,1-3H3,(H,21,23). The molecule has 140 valence electrons. The van der Waals surface area contributed by atoms with E-state index < -0.39 is 0 Å². The van der Waals surface area contributed by atoms with Crippen LogP contribution in [0.4, 0.5) is 5.69 Å². The number of rotatable bonds is 7. The van der Waals surface area contributed by atoms with Gasteiger partial charge in [-0.15, -0.1) is 0 Å². The molecule has 8 heteroatoms. The van der Waals surface area contributed by atoms with Crippen LogP contribution in [-0.2, 0) is 5.75 Å². The van der Waals surface area contributed by atoms with Crippen LogP contribution in [0.25, 0.3) is 0 Å². The summed E-state index contributed by atoms with van der Waals surface area (Å²) in [6.07, 6.45) is 1.66. The van der Waals surface area contributed by atoms with E-state index in [1.807, 2.05) is 13.0 Å². The molecule has 0 aliphatic rings. The first-order chi connectivity index (χ1) is 13.1. The van der Waals surface area contributed by atoms with Crippen molar-refractivity contribution >= 4 is 23.4 Å². The number of ether oxygens (including phenoxy) is 2. The fraction of sp³-hybridized carbons (Fsp3) is 0.211. The molecule has 0 spiro atoms. The van der Waals surface area contributed by atoms with Gasteiger partial charge in [-0.05, 0) is 31.2 Å². The van der Waals surface area contributed by atoms with E-state index in [0.29, 0.717) is 33.5 Å². The van der Waals surface area contributed by atoms with E-state index in [0.717, 1.165) is 11.5 Å². The van der Waals surface area contributed by atoms with Crippen molar-refractivity contribution in [1.82, 2.24) is 10.1 Å². The van der Waals surface area contributed by atoms with Crippen molar-refractivity contribution in [2.24, 2.45) is 0 Å². The average Bonchev–Trinajstić information content (AvgIpc) is 3.11. The van der Waals surface area contributed by atoms with Crippen LogP contribution in [-0.4, -0.2) is 30.3 Å². The van der Waals surface area contributed by atoms with Gasteiger partial charge in [0.1, 0.15) is 10.8 Å². The smallest absolute Gasteiger partial charge is 0.258 e. The second-order valence-electron chi connectivity index (χ2n) is 5.60. The van der Waals surface area contributed by atoms with Crippen molar-refractivity contribution in [3.63, 3.8) is 0 Å². The Hall–Kier alpha value is -3.00. The molecule has 0 saturated heterocycles. The van der Waals surface area contributed by atoms with Gasteiger partial charge in [0.15, 0.2) is 11.5 Å². The largest absolute Gasteiger partial charge is 0.493 e. The van der Waals surface area contributed by atoms with Crippen molar-refractivity contribution in [1.29, 1.82) is 0 Å². The second-order valence-corrected chi connectivity index (χ2v) is 6.56. The van der Waals surface area contributed by atoms with Gasteiger partial charge in [0.2, 0.25) is 0 Å². The Bertz CT molecular complexity index is 942. The lowest BCUT2D eigenvalue weighted by atomic mass is 10.2. The van der Waals surface area contributed by atoms with Gasteiger partial charge in [0.25, 0.3) is 5.91 Å². The number of carbonyl (C=O) groups is 1. The zero-order valence-electron chi connectivity index (χ0n) is 15.2. The number of hydrogen-bond acceptors (Lipinski definition) is 7. The molecule has 27 heavy (non-hydrogen) atoms. The van der Waals surface area contributed by atoms with E-state index >= 15 is 0 Å². The molecule has 0 unspecified atom stereocenters. The minimum atomic E-state index is -0.255. The fourth-order valence-corrected chi connectivity index (χ4v) is 3.29. The highest BCUT2D eigenvalue weighted by atomic mass is 32.2. The summed E-state index contributed by atoms with van der Waals surface area (Å²) in [6.45, 7) is 1.84. The average molecular weight is 385 g/mol. The molecule has 2 aromatic heterocycles. The van der Waals surface area contributed by atoms with E-state index in [4.69, 9.17) is 14.0 Å². The SMILES string of the molecule is COc1ccc(NC(=O)c2cccnc2SCc2cc(C)on2)cc1OC. The monoisotopic (exact) mass is 385 g/mol. The van der Waals surface area contributed by atoms with Crippen LogP contribution in [0, 0.1) is 6.92 Å². The van der Waals surface area contributed by atoms with E-state index in [1.54, 1.807) is 50.7 Å². The zero-order valence-corrected chi connectivity index (χ0v) is 16.0. The molecule has 0 fully saturated rings. The third-order valence-corrected chi connectivity index (χ3v) is 4.73. The van der Waals surface area contributed by atoms with Crippen molar-refractivity contribution < 1.29 is 18.8 Å². The summed E-state index contributed by atoms with van der Waals surface area (Å²) in [5.74, 6) is 2.19. The number of amides is 1. The highest BCUT2D eigenvalue weighted by Gasteiger charge is 2.15. The molecular weight excluding hydrogens is 366 g/mol. The predicted octanol–water partition coefficient (Wildman–Crippen LogP) is 3.94. The summed E-state index contributed by atoms with van der Waals surface area (Å²) < 4.78 is 15.5. The van der Waals surface area contributed by atoms with Gasteiger partial charge in [-0.25, -0.2) is 4.98 Å². The number of hydrogen-bond donors (Lipinski definition) is 1. The quantitative estimate of drug-likeness (QED) is 0.616. The zero-order chi connectivity index (χ0) is 19.2. The van der Waals surface area contributed by atoms with Crippen molar-refractivity contribution in [3.8, 4) is 11.5 Å². The van der Waals surface area contributed by atoms with Gasteiger partial charge in [0.05, 0.1) is 25.5 Å². The first-order valence-electron chi connectivity index (χ1n) is 8.14. The minimum Gasteiger partial charge on any atom is -0.493 e. The van der Waals surface area contributed by atoms with Crippen LogP contribution in [0.15, 0.2) is 52.1 Å². The highest BCUT2D eigenvalue weighted by molar-refractivity contribution is 7.98. The molecule has 3 aromatic rings. The van der Waals surface area contributed by atoms with Gasteiger partial charge in [-0.1, -0.05) is 16.9 Å². The molecule has 0 aliphatic heterocycles. The van der Waals surface area contributed by atoms with Gasteiger partial charge in [0, 0.05) is 29.8 Å². The van der Waals surface area contributed by atoms with Crippen LogP contribution in [0.3, 0.4) is 0 Å². The molecule has 0 aliphatic carbocycles. The third kappa shape index (κ3) is 4.59. The van der Waals surface area contributed by atoms with E-state index in [9.17, 15) is 4.79 Å². The number of thioether (sulfide) groups is 1. The number of nitrogens with one attached hydrogen (secondary N) is 1. The molecule has 1 aromatic carbocycles. The first kappa shape index (κ1) is 18.8. The number of carbonyl (C=O) groups excluding carboxylic acids is 1. The van der Waals surface area contributed by atoms with E-state index in [2.05, 4.69) is 15.5 Å². The van der Waals surface area contributed by atoms with Crippen molar-refractivity contribution in [3.05, 3.63) is 59.6 Å². The Labute approximate surface area is 161 Å². The molecule has 0 bridgehead atoms. The van der Waals surface area contributed by atoms with Crippen LogP contribution in [0.5, 0.6) is 11.5 Å². The summed E-state index contributed by atoms with van der Waals surface area (Å²) in [7, 11) is 3.11. The molecule has 0 radical (unpaired) electrons. The molecule has 3 rings (SSSR count). The highest BCUT2D eigenvalue weighted by Crippen LogP contribution is 2.30.